The average Bonchev–Trinajstić information content (AvgIpc) is 2.35. The summed E-state index contributed by atoms with van der Waals surface area (Å²) in [6.07, 6.45) is 0.167. The molecule has 3 N–H and O–H groups in total. The van der Waals surface area contributed by atoms with Gasteiger partial charge in [-0.05, 0) is 12.5 Å². The Hall–Kier alpha value is -1.59. The molecule has 0 saturated carbocycles. The Morgan fingerprint density at radius 3 is 2.37 bits per heavy atom. The monoisotopic (exact) mass is 286 g/mol. The summed E-state index contributed by atoms with van der Waals surface area (Å²) in [6.45, 7) is 1.73. The highest BCUT2D eigenvalue weighted by Gasteiger charge is 2.23. The molecule has 2 unspecified atom stereocenters. The maximum Gasteiger partial charge on any atom is 0.333 e. The van der Waals surface area contributed by atoms with Crippen molar-refractivity contribution < 1.29 is 14.3 Å². The molecule has 106 valence electrons. The molecule has 0 spiro atoms. The van der Waals surface area contributed by atoms with E-state index < -0.39 is 12.0 Å². The van der Waals surface area contributed by atoms with Gasteiger partial charge in [0.1, 0.15) is 0 Å². The van der Waals surface area contributed by atoms with Gasteiger partial charge >= 0.3 is 5.97 Å². The van der Waals surface area contributed by atoms with E-state index in [9.17, 15) is 9.59 Å². The molecule has 2 atom stereocenters. The average molecular weight is 287 g/mol. The summed E-state index contributed by atoms with van der Waals surface area (Å²) >= 11 is 0. The molecular weight excluding hydrogens is 268 g/mol. The molecule has 5 nitrogen and oxygen atoms in total. The van der Waals surface area contributed by atoms with E-state index in [0.717, 1.165) is 0 Å². The van der Waals surface area contributed by atoms with Gasteiger partial charge in [-0.2, -0.15) is 0 Å². The molecule has 1 aromatic carbocycles. The lowest BCUT2D eigenvalue weighted by Crippen LogP contribution is -2.37. The fourth-order valence-electron chi connectivity index (χ4n) is 1.55. The molecule has 0 aromatic heterocycles. The second kappa shape index (κ2) is 8.50. The van der Waals surface area contributed by atoms with Gasteiger partial charge in [0, 0.05) is 12.5 Å². The molecular formula is C13H19ClN2O3. The van der Waals surface area contributed by atoms with Crippen molar-refractivity contribution in [2.24, 2.45) is 5.73 Å². The fraction of sp³-hybridized carbons (Fsp3) is 0.385. The van der Waals surface area contributed by atoms with Crippen LogP contribution in [-0.4, -0.2) is 25.0 Å². The van der Waals surface area contributed by atoms with E-state index in [-0.39, 0.29) is 30.8 Å². The van der Waals surface area contributed by atoms with E-state index >= 15 is 0 Å². The highest BCUT2D eigenvalue weighted by atomic mass is 35.5. The summed E-state index contributed by atoms with van der Waals surface area (Å²) in [5, 5.41) is 2.62. The largest absolute Gasteiger partial charge is 0.467 e. The number of hydrogen-bond donors (Lipinski definition) is 2. The number of hydrogen-bond acceptors (Lipinski definition) is 4. The smallest absolute Gasteiger partial charge is 0.333 e. The summed E-state index contributed by atoms with van der Waals surface area (Å²) in [6, 6.07) is 7.90. The molecule has 0 saturated heterocycles. The van der Waals surface area contributed by atoms with E-state index in [1.54, 1.807) is 31.2 Å². The zero-order valence-electron chi connectivity index (χ0n) is 11.0. The predicted molar refractivity (Wildman–Crippen MR) is 74.9 cm³/mol. The van der Waals surface area contributed by atoms with Crippen LogP contribution in [0.1, 0.15) is 24.9 Å². The topological polar surface area (TPSA) is 81.4 Å². The number of benzene rings is 1. The van der Waals surface area contributed by atoms with Crippen LogP contribution < -0.4 is 11.1 Å². The number of methoxy groups -OCH3 is 1. The van der Waals surface area contributed by atoms with Crippen LogP contribution in [0.25, 0.3) is 0 Å². The number of carbonyl (C=O) groups is 2. The molecule has 1 aromatic rings. The van der Waals surface area contributed by atoms with E-state index in [4.69, 9.17) is 5.73 Å². The van der Waals surface area contributed by atoms with Crippen molar-refractivity contribution in [3.8, 4) is 0 Å². The number of nitrogens with two attached hydrogens (primary N) is 1. The van der Waals surface area contributed by atoms with Crippen LogP contribution in [-0.2, 0) is 14.3 Å². The van der Waals surface area contributed by atoms with Gasteiger partial charge in [0.05, 0.1) is 7.11 Å². The van der Waals surface area contributed by atoms with Gasteiger partial charge < -0.3 is 15.8 Å². The van der Waals surface area contributed by atoms with Crippen molar-refractivity contribution in [2.75, 3.05) is 7.11 Å². The molecule has 1 rings (SSSR count). The van der Waals surface area contributed by atoms with Gasteiger partial charge in [-0.1, -0.05) is 30.3 Å². The third kappa shape index (κ3) is 5.72. The number of nitrogens with one attached hydrogen (secondary N) is 1. The number of rotatable bonds is 5. The Morgan fingerprint density at radius 1 is 1.32 bits per heavy atom. The zero-order chi connectivity index (χ0) is 13.5. The van der Waals surface area contributed by atoms with Crippen LogP contribution in [0.4, 0.5) is 0 Å². The van der Waals surface area contributed by atoms with E-state index in [2.05, 4.69) is 10.1 Å². The second-order valence-corrected chi connectivity index (χ2v) is 4.12. The first-order valence-corrected chi connectivity index (χ1v) is 5.72. The van der Waals surface area contributed by atoms with Crippen molar-refractivity contribution in [3.05, 3.63) is 35.9 Å². The third-order valence-electron chi connectivity index (χ3n) is 2.38. The molecule has 0 aliphatic heterocycles. The number of esters is 1. The third-order valence-corrected chi connectivity index (χ3v) is 2.38. The lowest BCUT2D eigenvalue weighted by Gasteiger charge is -2.17. The van der Waals surface area contributed by atoms with Gasteiger partial charge in [-0.3, -0.25) is 4.79 Å². The Balaban J connectivity index is 0.00000324. The standard InChI is InChI=1S/C13H18N2O3.ClH/c1-9(14)8-11(16)15-12(13(17)18-2)10-6-4-3-5-7-10;/h3-7,9,12H,8,14H2,1-2H3,(H,15,16);1H. The van der Waals surface area contributed by atoms with Crippen LogP contribution in [0.5, 0.6) is 0 Å². The highest BCUT2D eigenvalue weighted by Crippen LogP contribution is 2.14. The van der Waals surface area contributed by atoms with Crippen LogP contribution in [0, 0.1) is 0 Å². The quantitative estimate of drug-likeness (QED) is 0.796. The van der Waals surface area contributed by atoms with E-state index in [1.165, 1.54) is 7.11 Å². The minimum Gasteiger partial charge on any atom is -0.467 e. The van der Waals surface area contributed by atoms with Crippen molar-refractivity contribution in [1.82, 2.24) is 5.32 Å². The lowest BCUT2D eigenvalue weighted by atomic mass is 10.1. The minimum atomic E-state index is -0.789. The van der Waals surface area contributed by atoms with Crippen molar-refractivity contribution in [2.45, 2.75) is 25.4 Å². The number of halogens is 1. The molecule has 0 aliphatic carbocycles. The molecule has 1 amide bonds. The predicted octanol–water partition coefficient (Wildman–Crippen LogP) is 1.18. The first-order chi connectivity index (χ1) is 8.54. The van der Waals surface area contributed by atoms with E-state index in [0.29, 0.717) is 5.56 Å². The van der Waals surface area contributed by atoms with Crippen molar-refractivity contribution in [1.29, 1.82) is 0 Å². The molecule has 0 fully saturated rings. The summed E-state index contributed by atoms with van der Waals surface area (Å²) < 4.78 is 4.69. The SMILES string of the molecule is COC(=O)C(NC(=O)CC(C)N)c1ccccc1.Cl. The Labute approximate surface area is 118 Å². The van der Waals surface area contributed by atoms with Crippen LogP contribution in [0.2, 0.25) is 0 Å². The molecule has 19 heavy (non-hydrogen) atoms. The highest BCUT2D eigenvalue weighted by molar-refractivity contribution is 5.86. The Bertz CT molecular complexity index is 410. The number of ether oxygens (including phenoxy) is 1. The first-order valence-electron chi connectivity index (χ1n) is 5.72. The minimum absolute atomic E-state index is 0. The summed E-state index contributed by atoms with van der Waals surface area (Å²) in [5.74, 6) is -0.775. The summed E-state index contributed by atoms with van der Waals surface area (Å²) in [5.41, 5.74) is 6.22. The molecule has 0 bridgehead atoms. The fourth-order valence-corrected chi connectivity index (χ4v) is 1.55. The first kappa shape index (κ1) is 17.4. The zero-order valence-corrected chi connectivity index (χ0v) is 11.8. The Kier molecular flexibility index (Phi) is 7.79. The van der Waals surface area contributed by atoms with Gasteiger partial charge in [-0.15, -0.1) is 12.4 Å². The van der Waals surface area contributed by atoms with Crippen LogP contribution >= 0.6 is 12.4 Å². The van der Waals surface area contributed by atoms with Gasteiger partial charge in [0.15, 0.2) is 6.04 Å². The molecule has 0 aliphatic rings. The van der Waals surface area contributed by atoms with Crippen LogP contribution in [0.3, 0.4) is 0 Å². The van der Waals surface area contributed by atoms with Gasteiger partial charge in [0.25, 0.3) is 0 Å². The normalized spacial score (nSPS) is 12.8. The molecule has 0 radical (unpaired) electrons. The Morgan fingerprint density at radius 2 is 1.89 bits per heavy atom. The summed E-state index contributed by atoms with van der Waals surface area (Å²) in [4.78, 5) is 23.3. The number of amides is 1. The van der Waals surface area contributed by atoms with Crippen molar-refractivity contribution in [3.63, 3.8) is 0 Å². The van der Waals surface area contributed by atoms with Crippen molar-refractivity contribution >= 4 is 24.3 Å². The second-order valence-electron chi connectivity index (χ2n) is 4.12. The van der Waals surface area contributed by atoms with E-state index in [1.807, 2.05) is 6.07 Å². The van der Waals surface area contributed by atoms with Gasteiger partial charge in [0.2, 0.25) is 5.91 Å². The molecule has 0 heterocycles. The lowest BCUT2D eigenvalue weighted by molar-refractivity contribution is -0.145. The van der Waals surface area contributed by atoms with Crippen LogP contribution in [0.15, 0.2) is 30.3 Å². The summed E-state index contributed by atoms with van der Waals surface area (Å²) in [7, 11) is 1.29. The van der Waals surface area contributed by atoms with Gasteiger partial charge in [-0.25, -0.2) is 4.79 Å². The molecule has 6 heteroatoms. The maximum absolute atomic E-state index is 11.7. The number of carbonyl (C=O) groups excluding carboxylic acids is 2. The maximum atomic E-state index is 11.7.